The van der Waals surface area contributed by atoms with Crippen LogP contribution in [0.4, 0.5) is 25.8 Å². The predicted molar refractivity (Wildman–Crippen MR) is 91.6 cm³/mol. The summed E-state index contributed by atoms with van der Waals surface area (Å²) < 4.78 is 29.3. The molecule has 0 saturated carbocycles. The van der Waals surface area contributed by atoms with Crippen molar-refractivity contribution in [2.24, 2.45) is 7.05 Å². The minimum absolute atomic E-state index is 0.149. The second-order valence-electron chi connectivity index (χ2n) is 5.51. The number of aromatic nitrogens is 2. The maximum absolute atomic E-state index is 13.8. The second-order valence-corrected chi connectivity index (χ2v) is 5.51. The first-order valence-corrected chi connectivity index (χ1v) is 7.60. The van der Waals surface area contributed by atoms with E-state index >= 15 is 0 Å². The number of rotatable bonds is 5. The van der Waals surface area contributed by atoms with Crippen molar-refractivity contribution >= 4 is 23.0 Å². The van der Waals surface area contributed by atoms with Gasteiger partial charge < -0.3 is 10.6 Å². The lowest BCUT2D eigenvalue weighted by Crippen LogP contribution is -2.15. The average molecular weight is 342 g/mol. The van der Waals surface area contributed by atoms with Gasteiger partial charge in [-0.3, -0.25) is 9.48 Å². The first-order chi connectivity index (χ1) is 12.0. The summed E-state index contributed by atoms with van der Waals surface area (Å²) in [5, 5.41) is 9.46. The number of carbonyl (C=O) groups is 1. The van der Waals surface area contributed by atoms with Gasteiger partial charge in [0.2, 0.25) is 5.91 Å². The Morgan fingerprint density at radius 3 is 2.40 bits per heavy atom. The molecule has 25 heavy (non-hydrogen) atoms. The Morgan fingerprint density at radius 2 is 1.76 bits per heavy atom. The molecular weight excluding hydrogens is 326 g/mol. The molecule has 1 amide bonds. The molecule has 128 valence electrons. The fourth-order valence-electron chi connectivity index (χ4n) is 2.40. The maximum atomic E-state index is 13.8. The van der Waals surface area contributed by atoms with E-state index in [-0.39, 0.29) is 18.0 Å². The van der Waals surface area contributed by atoms with Crippen LogP contribution in [0.2, 0.25) is 0 Å². The Labute approximate surface area is 143 Å². The Hall–Kier alpha value is -3.22. The first kappa shape index (κ1) is 16.6. The number of benzene rings is 2. The molecular formula is C18H16F2N4O. The number of halogens is 2. The summed E-state index contributed by atoms with van der Waals surface area (Å²) in [6.45, 7) is 0. The number of amides is 1. The van der Waals surface area contributed by atoms with Gasteiger partial charge in [0.1, 0.15) is 17.3 Å². The molecule has 0 spiro atoms. The van der Waals surface area contributed by atoms with Gasteiger partial charge in [-0.2, -0.15) is 5.10 Å². The smallest absolute Gasteiger partial charge is 0.228 e. The van der Waals surface area contributed by atoms with E-state index in [1.165, 1.54) is 6.07 Å². The molecule has 0 unspecified atom stereocenters. The third kappa shape index (κ3) is 4.00. The molecule has 1 aromatic heterocycles. The zero-order valence-electron chi connectivity index (χ0n) is 13.5. The Bertz CT molecular complexity index is 887. The van der Waals surface area contributed by atoms with E-state index < -0.39 is 11.6 Å². The van der Waals surface area contributed by atoms with Crippen molar-refractivity contribution < 1.29 is 13.6 Å². The number of carbonyl (C=O) groups excluding carboxylic acids is 1. The zero-order chi connectivity index (χ0) is 17.8. The minimum Gasteiger partial charge on any atom is -0.349 e. The van der Waals surface area contributed by atoms with Gasteiger partial charge in [-0.15, -0.1) is 0 Å². The summed E-state index contributed by atoms with van der Waals surface area (Å²) in [5.74, 6) is -1.68. The highest BCUT2D eigenvalue weighted by Crippen LogP contribution is 2.28. The van der Waals surface area contributed by atoms with Crippen LogP contribution >= 0.6 is 0 Å². The van der Waals surface area contributed by atoms with E-state index in [2.05, 4.69) is 15.7 Å². The summed E-state index contributed by atoms with van der Waals surface area (Å²) in [5.41, 5.74) is 1.33. The van der Waals surface area contributed by atoms with Crippen molar-refractivity contribution in [2.75, 3.05) is 10.6 Å². The van der Waals surface area contributed by atoms with Gasteiger partial charge in [0.05, 0.1) is 24.0 Å². The predicted octanol–water partition coefficient (Wildman–Crippen LogP) is 3.62. The topological polar surface area (TPSA) is 59.0 Å². The third-order valence-electron chi connectivity index (χ3n) is 3.55. The van der Waals surface area contributed by atoms with Gasteiger partial charge >= 0.3 is 0 Å². The van der Waals surface area contributed by atoms with E-state index in [0.29, 0.717) is 11.4 Å². The standard InChI is InChI=1S/C18H16F2N4O/c1-24-11-12(10-21-24)9-17(25)22-15-7-2-3-8-16(15)23-18-13(19)5-4-6-14(18)20/h2-8,10-11,23H,9H2,1H3,(H,22,25). The number of nitrogens with one attached hydrogen (secondary N) is 2. The normalized spacial score (nSPS) is 10.5. The highest BCUT2D eigenvalue weighted by atomic mass is 19.1. The zero-order valence-corrected chi connectivity index (χ0v) is 13.5. The van der Waals surface area contributed by atoms with Crippen LogP contribution in [-0.4, -0.2) is 15.7 Å². The molecule has 2 aromatic carbocycles. The first-order valence-electron chi connectivity index (χ1n) is 7.60. The van der Waals surface area contributed by atoms with Crippen molar-refractivity contribution in [3.8, 4) is 0 Å². The van der Waals surface area contributed by atoms with Crippen LogP contribution in [0, 0.1) is 11.6 Å². The number of para-hydroxylation sites is 3. The number of aryl methyl sites for hydroxylation is 1. The van der Waals surface area contributed by atoms with E-state index in [9.17, 15) is 13.6 Å². The minimum atomic E-state index is -0.712. The van der Waals surface area contributed by atoms with Gasteiger partial charge in [-0.1, -0.05) is 18.2 Å². The van der Waals surface area contributed by atoms with Crippen LogP contribution in [0.1, 0.15) is 5.56 Å². The van der Waals surface area contributed by atoms with Gasteiger partial charge in [-0.05, 0) is 29.8 Å². The quantitative estimate of drug-likeness (QED) is 0.744. The molecule has 0 radical (unpaired) electrons. The lowest BCUT2D eigenvalue weighted by Gasteiger charge is -2.14. The fourth-order valence-corrected chi connectivity index (χ4v) is 2.40. The highest BCUT2D eigenvalue weighted by Gasteiger charge is 2.12. The highest BCUT2D eigenvalue weighted by molar-refractivity contribution is 5.96. The van der Waals surface area contributed by atoms with Crippen molar-refractivity contribution in [1.29, 1.82) is 0 Å². The van der Waals surface area contributed by atoms with E-state index in [4.69, 9.17) is 0 Å². The molecule has 0 aliphatic heterocycles. The van der Waals surface area contributed by atoms with Crippen LogP contribution in [-0.2, 0) is 18.3 Å². The lowest BCUT2D eigenvalue weighted by molar-refractivity contribution is -0.115. The Balaban J connectivity index is 1.78. The van der Waals surface area contributed by atoms with E-state index in [1.807, 2.05) is 0 Å². The van der Waals surface area contributed by atoms with Gasteiger partial charge in [0, 0.05) is 13.2 Å². The Morgan fingerprint density at radius 1 is 1.08 bits per heavy atom. The largest absolute Gasteiger partial charge is 0.349 e. The third-order valence-corrected chi connectivity index (χ3v) is 3.55. The van der Waals surface area contributed by atoms with Crippen molar-refractivity contribution in [3.05, 3.63) is 72.1 Å². The molecule has 3 rings (SSSR count). The molecule has 7 heteroatoms. The molecule has 3 aromatic rings. The van der Waals surface area contributed by atoms with E-state index in [0.717, 1.165) is 17.7 Å². The molecule has 0 fully saturated rings. The molecule has 1 heterocycles. The number of hydrogen-bond donors (Lipinski definition) is 2. The molecule has 2 N–H and O–H groups in total. The Kier molecular flexibility index (Phi) is 4.74. The SMILES string of the molecule is Cn1cc(CC(=O)Nc2ccccc2Nc2c(F)cccc2F)cn1. The fraction of sp³-hybridized carbons (Fsp3) is 0.111. The summed E-state index contributed by atoms with van der Waals surface area (Å²) >= 11 is 0. The van der Waals surface area contributed by atoms with E-state index in [1.54, 1.807) is 48.4 Å². The van der Waals surface area contributed by atoms with Gasteiger partial charge in [0.25, 0.3) is 0 Å². The summed E-state index contributed by atoms with van der Waals surface area (Å²) in [6.07, 6.45) is 3.51. The van der Waals surface area contributed by atoms with Crippen molar-refractivity contribution in [1.82, 2.24) is 9.78 Å². The maximum Gasteiger partial charge on any atom is 0.228 e. The van der Waals surface area contributed by atoms with Crippen LogP contribution < -0.4 is 10.6 Å². The van der Waals surface area contributed by atoms with Gasteiger partial charge in [0.15, 0.2) is 0 Å². The molecule has 0 aliphatic rings. The lowest BCUT2D eigenvalue weighted by atomic mass is 10.2. The summed E-state index contributed by atoms with van der Waals surface area (Å²) in [4.78, 5) is 12.2. The molecule has 0 bridgehead atoms. The molecule has 0 saturated heterocycles. The van der Waals surface area contributed by atoms with Crippen LogP contribution in [0.25, 0.3) is 0 Å². The molecule has 0 aliphatic carbocycles. The monoisotopic (exact) mass is 342 g/mol. The van der Waals surface area contributed by atoms with Crippen LogP contribution in [0.3, 0.4) is 0 Å². The second kappa shape index (κ2) is 7.12. The number of nitrogens with zero attached hydrogens (tertiary/aromatic N) is 2. The average Bonchev–Trinajstić information content (AvgIpc) is 2.97. The van der Waals surface area contributed by atoms with Crippen LogP contribution in [0.15, 0.2) is 54.9 Å². The number of anilines is 3. The molecule has 0 atom stereocenters. The van der Waals surface area contributed by atoms with Crippen molar-refractivity contribution in [3.63, 3.8) is 0 Å². The van der Waals surface area contributed by atoms with Crippen molar-refractivity contribution in [2.45, 2.75) is 6.42 Å². The van der Waals surface area contributed by atoms with Gasteiger partial charge in [-0.25, -0.2) is 8.78 Å². The van der Waals surface area contributed by atoms with Crippen LogP contribution in [0.5, 0.6) is 0 Å². The number of hydrogen-bond acceptors (Lipinski definition) is 3. The summed E-state index contributed by atoms with van der Waals surface area (Å²) in [7, 11) is 1.77. The molecule has 5 nitrogen and oxygen atoms in total. The summed E-state index contributed by atoms with van der Waals surface area (Å²) in [6, 6.07) is 10.3.